The van der Waals surface area contributed by atoms with Crippen molar-refractivity contribution in [1.82, 2.24) is 0 Å². The number of nitrogens with two attached hydrogens (primary N) is 1. The second kappa shape index (κ2) is 6.19. The first-order chi connectivity index (χ1) is 10.3. The highest BCUT2D eigenvalue weighted by molar-refractivity contribution is 5.57. The van der Waals surface area contributed by atoms with Crippen molar-refractivity contribution in [1.29, 1.82) is 0 Å². The van der Waals surface area contributed by atoms with Crippen LogP contribution in [0.1, 0.15) is 18.5 Å². The summed E-state index contributed by atoms with van der Waals surface area (Å²) in [5.74, 6) is 0. The van der Waals surface area contributed by atoms with Gasteiger partial charge in [0.2, 0.25) is 0 Å². The van der Waals surface area contributed by atoms with Crippen molar-refractivity contribution >= 4 is 11.4 Å². The monoisotopic (exact) mass is 281 g/mol. The highest BCUT2D eigenvalue weighted by Crippen LogP contribution is 2.26. The quantitative estimate of drug-likeness (QED) is 0.938. The molecule has 3 nitrogen and oxygen atoms in total. The van der Waals surface area contributed by atoms with Gasteiger partial charge in [0, 0.05) is 43.6 Å². The van der Waals surface area contributed by atoms with E-state index in [1.165, 1.54) is 16.9 Å². The van der Waals surface area contributed by atoms with E-state index >= 15 is 0 Å². The second-order valence-corrected chi connectivity index (χ2v) is 5.66. The van der Waals surface area contributed by atoms with Crippen molar-refractivity contribution in [2.24, 2.45) is 5.73 Å². The Bertz CT molecular complexity index is 572. The fourth-order valence-corrected chi connectivity index (χ4v) is 3.00. The van der Waals surface area contributed by atoms with Crippen LogP contribution in [0.25, 0.3) is 0 Å². The molecule has 1 unspecified atom stereocenters. The number of nitrogens with zero attached hydrogens (tertiary/aromatic N) is 2. The third kappa shape index (κ3) is 3.03. The molecule has 0 aliphatic carbocycles. The van der Waals surface area contributed by atoms with Gasteiger partial charge in [0.15, 0.2) is 0 Å². The lowest BCUT2D eigenvalue weighted by Crippen LogP contribution is -2.47. The van der Waals surface area contributed by atoms with Gasteiger partial charge in [0.05, 0.1) is 0 Å². The van der Waals surface area contributed by atoms with Gasteiger partial charge in [-0.05, 0) is 30.7 Å². The van der Waals surface area contributed by atoms with Crippen LogP contribution in [0.4, 0.5) is 11.4 Å². The van der Waals surface area contributed by atoms with Crippen molar-refractivity contribution in [2.75, 3.05) is 36.0 Å². The molecule has 0 radical (unpaired) electrons. The number of rotatable bonds is 3. The Morgan fingerprint density at radius 2 is 1.38 bits per heavy atom. The molecule has 0 saturated carbocycles. The molecule has 2 aromatic rings. The van der Waals surface area contributed by atoms with E-state index in [0.717, 1.165) is 26.2 Å². The van der Waals surface area contributed by atoms with Gasteiger partial charge >= 0.3 is 0 Å². The van der Waals surface area contributed by atoms with E-state index in [9.17, 15) is 0 Å². The molecular formula is C18H23N3. The molecule has 2 N–H and O–H groups in total. The second-order valence-electron chi connectivity index (χ2n) is 5.66. The highest BCUT2D eigenvalue weighted by Gasteiger charge is 2.19. The Morgan fingerprint density at radius 1 is 0.810 bits per heavy atom. The van der Waals surface area contributed by atoms with E-state index in [0.29, 0.717) is 0 Å². The summed E-state index contributed by atoms with van der Waals surface area (Å²) in [6.07, 6.45) is 0. The molecule has 1 atom stereocenters. The van der Waals surface area contributed by atoms with Crippen LogP contribution in [-0.4, -0.2) is 26.2 Å². The molecular weight excluding hydrogens is 258 g/mol. The van der Waals surface area contributed by atoms with E-state index in [1.54, 1.807) is 0 Å². The van der Waals surface area contributed by atoms with Gasteiger partial charge in [-0.2, -0.15) is 0 Å². The van der Waals surface area contributed by atoms with E-state index < -0.39 is 0 Å². The molecule has 1 fully saturated rings. The zero-order chi connectivity index (χ0) is 14.7. The largest absolute Gasteiger partial charge is 0.368 e. The number of para-hydroxylation sites is 2. The molecule has 21 heavy (non-hydrogen) atoms. The molecule has 0 aromatic heterocycles. The first-order valence-corrected chi connectivity index (χ1v) is 7.65. The lowest BCUT2D eigenvalue weighted by molar-refractivity contribution is 0.648. The molecule has 1 aliphatic rings. The summed E-state index contributed by atoms with van der Waals surface area (Å²) < 4.78 is 0. The van der Waals surface area contributed by atoms with Gasteiger partial charge in [-0.25, -0.2) is 0 Å². The maximum absolute atomic E-state index is 6.10. The molecule has 110 valence electrons. The standard InChI is InChI=1S/C18H23N3/c1-15(19)17-9-5-6-10-18(17)21-13-11-20(12-14-21)16-7-3-2-4-8-16/h2-10,15H,11-14,19H2,1H3. The summed E-state index contributed by atoms with van der Waals surface area (Å²) in [6, 6.07) is 19.2. The normalized spacial score (nSPS) is 16.9. The smallest absolute Gasteiger partial charge is 0.0415 e. The van der Waals surface area contributed by atoms with Crippen LogP contribution in [0.15, 0.2) is 54.6 Å². The third-order valence-electron chi connectivity index (χ3n) is 4.17. The van der Waals surface area contributed by atoms with Gasteiger partial charge in [-0.3, -0.25) is 0 Å². The van der Waals surface area contributed by atoms with E-state index in [-0.39, 0.29) is 6.04 Å². The lowest BCUT2D eigenvalue weighted by atomic mass is 10.1. The zero-order valence-electron chi connectivity index (χ0n) is 12.6. The minimum absolute atomic E-state index is 0.0772. The first-order valence-electron chi connectivity index (χ1n) is 7.65. The summed E-state index contributed by atoms with van der Waals surface area (Å²) in [6.45, 7) is 6.24. The molecule has 1 heterocycles. The average Bonchev–Trinajstić information content (AvgIpc) is 2.56. The van der Waals surface area contributed by atoms with Gasteiger partial charge in [0.25, 0.3) is 0 Å². The number of piperazine rings is 1. The van der Waals surface area contributed by atoms with E-state index in [2.05, 4.69) is 71.3 Å². The fourth-order valence-electron chi connectivity index (χ4n) is 3.00. The summed E-state index contributed by atoms with van der Waals surface area (Å²) in [5, 5.41) is 0. The van der Waals surface area contributed by atoms with Gasteiger partial charge < -0.3 is 15.5 Å². The lowest BCUT2D eigenvalue weighted by Gasteiger charge is -2.38. The average molecular weight is 281 g/mol. The minimum Gasteiger partial charge on any atom is -0.368 e. The SMILES string of the molecule is CC(N)c1ccccc1N1CCN(c2ccccc2)CC1. The zero-order valence-corrected chi connectivity index (χ0v) is 12.6. The summed E-state index contributed by atoms with van der Waals surface area (Å²) in [5.41, 5.74) is 9.95. The maximum atomic E-state index is 6.10. The van der Waals surface area contributed by atoms with Crippen molar-refractivity contribution in [2.45, 2.75) is 13.0 Å². The molecule has 3 rings (SSSR count). The van der Waals surface area contributed by atoms with Crippen LogP contribution in [0.2, 0.25) is 0 Å². The van der Waals surface area contributed by atoms with E-state index in [1.807, 2.05) is 0 Å². The number of hydrogen-bond acceptors (Lipinski definition) is 3. The maximum Gasteiger partial charge on any atom is 0.0415 e. The van der Waals surface area contributed by atoms with Crippen LogP contribution in [0.5, 0.6) is 0 Å². The summed E-state index contributed by atoms with van der Waals surface area (Å²) in [7, 11) is 0. The van der Waals surface area contributed by atoms with Crippen LogP contribution in [0.3, 0.4) is 0 Å². The Morgan fingerprint density at radius 3 is 2.05 bits per heavy atom. The number of anilines is 2. The summed E-state index contributed by atoms with van der Waals surface area (Å²) >= 11 is 0. The molecule has 1 saturated heterocycles. The van der Waals surface area contributed by atoms with Gasteiger partial charge in [-0.15, -0.1) is 0 Å². The van der Waals surface area contributed by atoms with Crippen LogP contribution < -0.4 is 15.5 Å². The van der Waals surface area contributed by atoms with Crippen LogP contribution in [-0.2, 0) is 0 Å². The topological polar surface area (TPSA) is 32.5 Å². The molecule has 1 aliphatic heterocycles. The molecule has 2 aromatic carbocycles. The Labute approximate surface area is 127 Å². The van der Waals surface area contributed by atoms with Gasteiger partial charge in [-0.1, -0.05) is 36.4 Å². The Hall–Kier alpha value is -2.00. The predicted octanol–water partition coefficient (Wildman–Crippen LogP) is 3.03. The minimum atomic E-state index is 0.0772. The Kier molecular flexibility index (Phi) is 4.11. The van der Waals surface area contributed by atoms with Crippen LogP contribution >= 0.6 is 0 Å². The molecule has 0 amide bonds. The molecule has 0 spiro atoms. The third-order valence-corrected chi connectivity index (χ3v) is 4.17. The number of benzene rings is 2. The van der Waals surface area contributed by atoms with Crippen molar-refractivity contribution < 1.29 is 0 Å². The molecule has 0 bridgehead atoms. The first kappa shape index (κ1) is 14.0. The van der Waals surface area contributed by atoms with Gasteiger partial charge in [0.1, 0.15) is 0 Å². The Balaban J connectivity index is 1.72. The van der Waals surface area contributed by atoms with Crippen molar-refractivity contribution in [3.8, 4) is 0 Å². The predicted molar refractivity (Wildman–Crippen MR) is 89.9 cm³/mol. The highest BCUT2D eigenvalue weighted by atomic mass is 15.3. The number of hydrogen-bond donors (Lipinski definition) is 1. The molecule has 3 heteroatoms. The fraction of sp³-hybridized carbons (Fsp3) is 0.333. The van der Waals surface area contributed by atoms with Crippen molar-refractivity contribution in [3.05, 3.63) is 60.2 Å². The van der Waals surface area contributed by atoms with E-state index in [4.69, 9.17) is 5.73 Å². The summed E-state index contributed by atoms with van der Waals surface area (Å²) in [4.78, 5) is 4.91. The van der Waals surface area contributed by atoms with Crippen molar-refractivity contribution in [3.63, 3.8) is 0 Å². The van der Waals surface area contributed by atoms with Crippen LogP contribution in [0, 0.1) is 0 Å².